The molecule has 0 bridgehead atoms. The molecule has 1 saturated carbocycles. The highest BCUT2D eigenvalue weighted by Crippen LogP contribution is 2.40. The fourth-order valence-corrected chi connectivity index (χ4v) is 3.05. The Morgan fingerprint density at radius 3 is 2.67 bits per heavy atom. The summed E-state index contributed by atoms with van der Waals surface area (Å²) in [5.41, 5.74) is 0. The number of carboxylic acid groups (broad SMARTS) is 1. The van der Waals surface area contributed by atoms with Crippen molar-refractivity contribution >= 4 is 34.8 Å². The highest BCUT2D eigenvalue weighted by atomic mass is 35.5. The smallest absolute Gasteiger partial charge is 0.307 e. The van der Waals surface area contributed by atoms with Crippen molar-refractivity contribution in [1.29, 1.82) is 0 Å². The van der Waals surface area contributed by atoms with Crippen LogP contribution < -0.4 is 0 Å². The molecule has 0 radical (unpaired) electrons. The van der Waals surface area contributed by atoms with E-state index < -0.39 is 11.9 Å². The van der Waals surface area contributed by atoms with Crippen molar-refractivity contribution in [3.8, 4) is 0 Å². The van der Waals surface area contributed by atoms with Gasteiger partial charge < -0.3 is 10.0 Å². The Labute approximate surface area is 114 Å². The van der Waals surface area contributed by atoms with Crippen LogP contribution in [0, 0.1) is 11.8 Å². The van der Waals surface area contributed by atoms with Crippen LogP contribution >= 0.6 is 22.9 Å². The molecule has 0 spiro atoms. The summed E-state index contributed by atoms with van der Waals surface area (Å²) in [6, 6.07) is 3.70. The lowest BCUT2D eigenvalue weighted by Gasteiger charge is -2.20. The topological polar surface area (TPSA) is 57.6 Å². The summed E-state index contributed by atoms with van der Waals surface area (Å²) >= 11 is 7.29. The Morgan fingerprint density at radius 2 is 2.22 bits per heavy atom. The molecule has 98 valence electrons. The van der Waals surface area contributed by atoms with Crippen LogP contribution in [0.4, 0.5) is 0 Å². The molecule has 1 aromatic rings. The summed E-state index contributed by atoms with van der Waals surface area (Å²) in [6.45, 7) is 2.98. The average molecular weight is 288 g/mol. The third-order valence-electron chi connectivity index (χ3n) is 3.09. The van der Waals surface area contributed by atoms with Crippen LogP contribution in [0.5, 0.6) is 0 Å². The second kappa shape index (κ2) is 5.28. The van der Waals surface area contributed by atoms with E-state index in [4.69, 9.17) is 16.7 Å². The highest BCUT2D eigenvalue weighted by Gasteiger charge is 2.49. The second-order valence-corrected chi connectivity index (χ2v) is 6.14. The van der Waals surface area contributed by atoms with Crippen molar-refractivity contribution < 1.29 is 14.7 Å². The summed E-state index contributed by atoms with van der Waals surface area (Å²) in [5, 5.41) is 8.83. The van der Waals surface area contributed by atoms with E-state index in [0.717, 1.165) is 4.88 Å². The number of amides is 1. The molecule has 0 unspecified atom stereocenters. The Bertz CT molecular complexity index is 474. The van der Waals surface area contributed by atoms with E-state index in [9.17, 15) is 9.59 Å². The first-order chi connectivity index (χ1) is 8.52. The minimum Gasteiger partial charge on any atom is -0.481 e. The van der Waals surface area contributed by atoms with Crippen LogP contribution in [0.3, 0.4) is 0 Å². The van der Waals surface area contributed by atoms with Gasteiger partial charge in [-0.15, -0.1) is 11.3 Å². The van der Waals surface area contributed by atoms with Gasteiger partial charge in [-0.3, -0.25) is 9.59 Å². The van der Waals surface area contributed by atoms with Crippen LogP contribution in [0.25, 0.3) is 0 Å². The number of carboxylic acids is 1. The van der Waals surface area contributed by atoms with Crippen LogP contribution in [0.15, 0.2) is 12.1 Å². The maximum atomic E-state index is 12.1. The average Bonchev–Trinajstić information content (AvgIpc) is 3.03. The van der Waals surface area contributed by atoms with Crippen LogP contribution in [-0.4, -0.2) is 28.4 Å². The van der Waals surface area contributed by atoms with Gasteiger partial charge in [0.15, 0.2) is 0 Å². The maximum Gasteiger partial charge on any atom is 0.307 e. The lowest BCUT2D eigenvalue weighted by molar-refractivity contribution is -0.142. The predicted octanol–water partition coefficient (Wildman–Crippen LogP) is 2.47. The Morgan fingerprint density at radius 1 is 1.50 bits per heavy atom. The first-order valence-electron chi connectivity index (χ1n) is 5.78. The molecule has 1 amide bonds. The number of thiophene rings is 1. The van der Waals surface area contributed by atoms with Gasteiger partial charge in [-0.25, -0.2) is 0 Å². The van der Waals surface area contributed by atoms with Crippen molar-refractivity contribution in [3.63, 3.8) is 0 Å². The lowest BCUT2D eigenvalue weighted by atomic mass is 10.2. The molecule has 1 aliphatic carbocycles. The Balaban J connectivity index is 1.97. The SMILES string of the molecule is CCN(Cc1ccc(Cl)s1)C(=O)[C@@H]1C[C@@H]1C(=O)O. The number of halogens is 1. The van der Waals surface area contributed by atoms with E-state index in [1.165, 1.54) is 11.3 Å². The van der Waals surface area contributed by atoms with E-state index in [1.54, 1.807) is 11.0 Å². The van der Waals surface area contributed by atoms with Crippen molar-refractivity contribution in [2.75, 3.05) is 6.54 Å². The Hall–Kier alpha value is -1.07. The van der Waals surface area contributed by atoms with Crippen molar-refractivity contribution in [1.82, 2.24) is 4.90 Å². The molecule has 0 aliphatic heterocycles. The van der Waals surface area contributed by atoms with Crippen molar-refractivity contribution in [3.05, 3.63) is 21.3 Å². The third-order valence-corrected chi connectivity index (χ3v) is 4.31. The van der Waals surface area contributed by atoms with Crippen LogP contribution in [0.2, 0.25) is 4.34 Å². The molecule has 1 fully saturated rings. The molecule has 4 nitrogen and oxygen atoms in total. The van der Waals surface area contributed by atoms with Gasteiger partial charge in [-0.2, -0.15) is 0 Å². The van der Waals surface area contributed by atoms with Gasteiger partial charge in [0.2, 0.25) is 5.91 Å². The zero-order valence-electron chi connectivity index (χ0n) is 9.93. The lowest BCUT2D eigenvalue weighted by Crippen LogP contribution is -2.32. The molecular weight excluding hydrogens is 274 g/mol. The first kappa shape index (κ1) is 13.4. The number of hydrogen-bond donors (Lipinski definition) is 1. The molecule has 0 aromatic carbocycles. The summed E-state index contributed by atoms with van der Waals surface area (Å²) in [4.78, 5) is 25.6. The fourth-order valence-electron chi connectivity index (χ4n) is 1.95. The zero-order chi connectivity index (χ0) is 13.3. The summed E-state index contributed by atoms with van der Waals surface area (Å²) in [7, 11) is 0. The summed E-state index contributed by atoms with van der Waals surface area (Å²) in [5.74, 6) is -1.76. The largest absolute Gasteiger partial charge is 0.481 e. The number of nitrogens with zero attached hydrogens (tertiary/aromatic N) is 1. The van der Waals surface area contributed by atoms with E-state index in [1.807, 2.05) is 13.0 Å². The van der Waals surface area contributed by atoms with Gasteiger partial charge in [0.25, 0.3) is 0 Å². The maximum absolute atomic E-state index is 12.1. The highest BCUT2D eigenvalue weighted by molar-refractivity contribution is 7.16. The van der Waals surface area contributed by atoms with E-state index in [2.05, 4.69) is 0 Å². The van der Waals surface area contributed by atoms with Gasteiger partial charge in [0.05, 0.1) is 22.7 Å². The molecule has 18 heavy (non-hydrogen) atoms. The number of carbonyl (C=O) groups is 2. The molecule has 1 N–H and O–H groups in total. The predicted molar refractivity (Wildman–Crippen MR) is 69.7 cm³/mol. The molecule has 0 saturated heterocycles. The van der Waals surface area contributed by atoms with Gasteiger partial charge in [0, 0.05) is 11.4 Å². The second-order valence-electron chi connectivity index (χ2n) is 4.35. The van der Waals surface area contributed by atoms with Crippen LogP contribution in [0.1, 0.15) is 18.2 Å². The van der Waals surface area contributed by atoms with E-state index in [0.29, 0.717) is 23.8 Å². The number of aliphatic carboxylic acids is 1. The van der Waals surface area contributed by atoms with Crippen molar-refractivity contribution in [2.24, 2.45) is 11.8 Å². The number of rotatable bonds is 5. The van der Waals surface area contributed by atoms with E-state index >= 15 is 0 Å². The molecular formula is C12H14ClNO3S. The molecule has 2 rings (SSSR count). The monoisotopic (exact) mass is 287 g/mol. The Kier molecular flexibility index (Phi) is 3.92. The van der Waals surface area contributed by atoms with Gasteiger partial charge >= 0.3 is 5.97 Å². The number of carbonyl (C=O) groups excluding carboxylic acids is 1. The molecule has 6 heteroatoms. The molecule has 1 aliphatic rings. The standard InChI is InChI=1S/C12H14ClNO3S/c1-2-14(6-7-3-4-10(13)18-7)11(15)8-5-9(8)12(16)17/h3-4,8-9H,2,5-6H2,1H3,(H,16,17)/t8-,9+/m1/s1. The molecule has 1 aromatic heterocycles. The first-order valence-corrected chi connectivity index (χ1v) is 6.98. The zero-order valence-corrected chi connectivity index (χ0v) is 11.5. The normalized spacial score (nSPS) is 21.7. The molecule has 1 heterocycles. The number of hydrogen-bond acceptors (Lipinski definition) is 3. The summed E-state index contributed by atoms with van der Waals surface area (Å²) < 4.78 is 0.698. The minimum atomic E-state index is -0.872. The van der Waals surface area contributed by atoms with Crippen LogP contribution in [-0.2, 0) is 16.1 Å². The van der Waals surface area contributed by atoms with Crippen molar-refractivity contribution in [2.45, 2.75) is 19.9 Å². The van der Waals surface area contributed by atoms with Gasteiger partial charge in [-0.1, -0.05) is 11.6 Å². The molecule has 2 atom stereocenters. The fraction of sp³-hybridized carbons (Fsp3) is 0.500. The summed E-state index contributed by atoms with van der Waals surface area (Å²) in [6.07, 6.45) is 0.468. The minimum absolute atomic E-state index is 0.0607. The van der Waals surface area contributed by atoms with Gasteiger partial charge in [-0.05, 0) is 25.5 Å². The van der Waals surface area contributed by atoms with Gasteiger partial charge in [0.1, 0.15) is 0 Å². The third kappa shape index (κ3) is 2.84. The van der Waals surface area contributed by atoms with E-state index in [-0.39, 0.29) is 11.8 Å². The quantitative estimate of drug-likeness (QED) is 0.905.